The van der Waals surface area contributed by atoms with Gasteiger partial charge in [0.1, 0.15) is 0 Å². The molecule has 4 heteroatoms. The zero-order chi connectivity index (χ0) is 14.7. The Morgan fingerprint density at radius 1 is 1.38 bits per heavy atom. The minimum absolute atomic E-state index is 0.577. The highest BCUT2D eigenvalue weighted by atomic mass is 35.5. The Hall–Kier alpha value is -1.16. The Morgan fingerprint density at radius 3 is 3.14 bits per heavy atom. The van der Waals surface area contributed by atoms with Gasteiger partial charge in [-0.2, -0.15) is 0 Å². The van der Waals surface area contributed by atoms with Crippen LogP contribution >= 0.6 is 11.6 Å². The molecule has 0 spiro atoms. The first-order valence-corrected chi connectivity index (χ1v) is 8.13. The number of nitrogens with one attached hydrogen (secondary N) is 1. The molecule has 1 fully saturated rings. The predicted octanol–water partition coefficient (Wildman–Crippen LogP) is 3.46. The Balaban J connectivity index is 1.72. The summed E-state index contributed by atoms with van der Waals surface area (Å²) in [6.07, 6.45) is 4.38. The van der Waals surface area contributed by atoms with Gasteiger partial charge < -0.3 is 10.2 Å². The van der Waals surface area contributed by atoms with Gasteiger partial charge in [-0.25, -0.2) is 0 Å². The van der Waals surface area contributed by atoms with Crippen molar-refractivity contribution in [2.24, 2.45) is 0 Å². The summed E-state index contributed by atoms with van der Waals surface area (Å²) < 4.78 is 0. The van der Waals surface area contributed by atoms with E-state index in [2.05, 4.69) is 28.2 Å². The van der Waals surface area contributed by atoms with E-state index in [1.165, 1.54) is 24.9 Å². The van der Waals surface area contributed by atoms with Gasteiger partial charge in [-0.05, 0) is 49.7 Å². The van der Waals surface area contributed by atoms with Gasteiger partial charge in [-0.3, -0.25) is 4.98 Å². The average Bonchev–Trinajstić information content (AvgIpc) is 2.55. The lowest BCUT2D eigenvalue weighted by Gasteiger charge is -2.32. The molecule has 1 aromatic carbocycles. The zero-order valence-electron chi connectivity index (χ0n) is 12.5. The molecule has 1 atom stereocenters. The first-order valence-electron chi connectivity index (χ1n) is 7.75. The number of hydrogen-bond acceptors (Lipinski definition) is 3. The van der Waals surface area contributed by atoms with Crippen molar-refractivity contribution in [1.82, 2.24) is 15.2 Å². The molecule has 3 nitrogen and oxygen atoms in total. The van der Waals surface area contributed by atoms with Crippen LogP contribution in [0.15, 0.2) is 30.5 Å². The molecule has 1 aliphatic heterocycles. The van der Waals surface area contributed by atoms with Crippen LogP contribution in [0.2, 0.25) is 5.02 Å². The SMILES string of the molecule is CCN1CCCC(NCc2ccc(Cl)c3cccnc23)C1. The molecule has 0 amide bonds. The van der Waals surface area contributed by atoms with Crippen molar-refractivity contribution in [3.63, 3.8) is 0 Å². The van der Waals surface area contributed by atoms with Gasteiger partial charge in [0.2, 0.25) is 0 Å². The third-order valence-corrected chi connectivity index (χ3v) is 4.66. The predicted molar refractivity (Wildman–Crippen MR) is 88.7 cm³/mol. The number of likely N-dealkylation sites (tertiary alicyclic amines) is 1. The van der Waals surface area contributed by atoms with Crippen molar-refractivity contribution in [3.8, 4) is 0 Å². The van der Waals surface area contributed by atoms with Gasteiger partial charge in [-0.1, -0.05) is 24.6 Å². The summed E-state index contributed by atoms with van der Waals surface area (Å²) in [5.41, 5.74) is 2.24. The summed E-state index contributed by atoms with van der Waals surface area (Å²) in [4.78, 5) is 7.02. The number of rotatable bonds is 4. The smallest absolute Gasteiger partial charge is 0.0761 e. The lowest BCUT2D eigenvalue weighted by atomic mass is 10.0. The van der Waals surface area contributed by atoms with Gasteiger partial charge in [0.05, 0.1) is 5.52 Å². The highest BCUT2D eigenvalue weighted by Crippen LogP contribution is 2.24. The fraction of sp³-hybridized carbons (Fsp3) is 0.471. The average molecular weight is 304 g/mol. The summed E-state index contributed by atoms with van der Waals surface area (Å²) in [6, 6.07) is 8.61. The van der Waals surface area contributed by atoms with Crippen molar-refractivity contribution < 1.29 is 0 Å². The lowest BCUT2D eigenvalue weighted by Crippen LogP contribution is -2.45. The monoisotopic (exact) mass is 303 g/mol. The highest BCUT2D eigenvalue weighted by molar-refractivity contribution is 6.35. The maximum absolute atomic E-state index is 6.25. The molecule has 1 unspecified atom stereocenters. The maximum Gasteiger partial charge on any atom is 0.0761 e. The third-order valence-electron chi connectivity index (χ3n) is 4.33. The van der Waals surface area contributed by atoms with Gasteiger partial charge in [0.25, 0.3) is 0 Å². The molecule has 0 radical (unpaired) electrons. The number of fused-ring (bicyclic) bond motifs is 1. The van der Waals surface area contributed by atoms with Crippen LogP contribution in [0.5, 0.6) is 0 Å². The molecule has 0 bridgehead atoms. The van der Waals surface area contributed by atoms with Crippen molar-refractivity contribution in [2.75, 3.05) is 19.6 Å². The van der Waals surface area contributed by atoms with Crippen LogP contribution in [0.25, 0.3) is 10.9 Å². The number of aromatic nitrogens is 1. The quantitative estimate of drug-likeness (QED) is 0.937. The van der Waals surface area contributed by atoms with Crippen LogP contribution in [0.4, 0.5) is 0 Å². The normalized spacial score (nSPS) is 20.0. The largest absolute Gasteiger partial charge is 0.309 e. The number of nitrogens with zero attached hydrogens (tertiary/aromatic N) is 2. The molecule has 1 aromatic heterocycles. The van der Waals surface area contributed by atoms with Crippen molar-refractivity contribution in [3.05, 3.63) is 41.0 Å². The van der Waals surface area contributed by atoms with Crippen LogP contribution in [-0.2, 0) is 6.54 Å². The molecular formula is C17H22ClN3. The second kappa shape index (κ2) is 6.73. The van der Waals surface area contributed by atoms with E-state index in [0.29, 0.717) is 6.04 Å². The van der Waals surface area contributed by atoms with E-state index in [-0.39, 0.29) is 0 Å². The molecule has 1 N–H and O–H groups in total. The molecule has 0 saturated carbocycles. The summed E-state index contributed by atoms with van der Waals surface area (Å²) >= 11 is 6.25. The topological polar surface area (TPSA) is 28.2 Å². The molecule has 21 heavy (non-hydrogen) atoms. The minimum atomic E-state index is 0.577. The van der Waals surface area contributed by atoms with Crippen LogP contribution in [0, 0.1) is 0 Å². The first-order chi connectivity index (χ1) is 10.3. The standard InChI is InChI=1S/C17H22ClN3/c1-2-21-10-4-5-14(12-21)20-11-13-7-8-16(18)15-6-3-9-19-17(13)15/h3,6-9,14,20H,2,4-5,10-12H2,1H3. The Kier molecular flexibility index (Phi) is 4.73. The zero-order valence-corrected chi connectivity index (χ0v) is 13.2. The van der Waals surface area contributed by atoms with E-state index in [1.807, 2.05) is 24.4 Å². The number of pyridine rings is 1. The Labute approximate surface area is 131 Å². The van der Waals surface area contributed by atoms with Gasteiger partial charge in [0, 0.05) is 35.7 Å². The van der Waals surface area contributed by atoms with E-state index < -0.39 is 0 Å². The van der Waals surface area contributed by atoms with Crippen LogP contribution < -0.4 is 5.32 Å². The number of benzene rings is 1. The molecule has 2 aromatic rings. The van der Waals surface area contributed by atoms with Crippen molar-refractivity contribution in [1.29, 1.82) is 0 Å². The lowest BCUT2D eigenvalue weighted by molar-refractivity contribution is 0.198. The van der Waals surface area contributed by atoms with E-state index in [9.17, 15) is 0 Å². The van der Waals surface area contributed by atoms with Crippen LogP contribution in [0.3, 0.4) is 0 Å². The van der Waals surface area contributed by atoms with Crippen molar-refractivity contribution in [2.45, 2.75) is 32.4 Å². The highest BCUT2D eigenvalue weighted by Gasteiger charge is 2.18. The fourth-order valence-electron chi connectivity index (χ4n) is 3.10. The Bertz CT molecular complexity index is 614. The van der Waals surface area contributed by atoms with E-state index in [0.717, 1.165) is 35.6 Å². The minimum Gasteiger partial charge on any atom is -0.309 e. The second-order valence-corrected chi connectivity index (χ2v) is 6.13. The maximum atomic E-state index is 6.25. The first kappa shape index (κ1) is 14.8. The summed E-state index contributed by atoms with van der Waals surface area (Å²) in [7, 11) is 0. The number of piperidine rings is 1. The molecule has 3 rings (SSSR count). The van der Waals surface area contributed by atoms with E-state index in [1.54, 1.807) is 0 Å². The van der Waals surface area contributed by atoms with Crippen LogP contribution in [-0.4, -0.2) is 35.6 Å². The fourth-order valence-corrected chi connectivity index (χ4v) is 3.32. The summed E-state index contributed by atoms with van der Waals surface area (Å²) in [5, 5.41) is 5.50. The molecule has 1 saturated heterocycles. The third kappa shape index (κ3) is 3.37. The van der Waals surface area contributed by atoms with Crippen molar-refractivity contribution >= 4 is 22.5 Å². The number of halogens is 1. The Morgan fingerprint density at radius 2 is 2.29 bits per heavy atom. The molecular weight excluding hydrogens is 282 g/mol. The number of likely N-dealkylation sites (N-methyl/N-ethyl adjacent to an activating group) is 1. The molecule has 112 valence electrons. The van der Waals surface area contributed by atoms with E-state index in [4.69, 9.17) is 11.6 Å². The molecule has 1 aliphatic rings. The second-order valence-electron chi connectivity index (χ2n) is 5.72. The molecule has 2 heterocycles. The molecule has 0 aliphatic carbocycles. The number of hydrogen-bond donors (Lipinski definition) is 1. The van der Waals surface area contributed by atoms with Gasteiger partial charge >= 0.3 is 0 Å². The van der Waals surface area contributed by atoms with Gasteiger partial charge in [0.15, 0.2) is 0 Å². The summed E-state index contributed by atoms with van der Waals surface area (Å²) in [5.74, 6) is 0. The summed E-state index contributed by atoms with van der Waals surface area (Å²) in [6.45, 7) is 6.62. The van der Waals surface area contributed by atoms with Gasteiger partial charge in [-0.15, -0.1) is 0 Å². The van der Waals surface area contributed by atoms with E-state index >= 15 is 0 Å². The van der Waals surface area contributed by atoms with Crippen LogP contribution in [0.1, 0.15) is 25.3 Å².